The lowest BCUT2D eigenvalue weighted by atomic mass is 10.1. The van der Waals surface area contributed by atoms with Gasteiger partial charge < -0.3 is 10.3 Å². The van der Waals surface area contributed by atoms with E-state index in [0.717, 1.165) is 5.75 Å². The zero-order valence-electron chi connectivity index (χ0n) is 10.7. The van der Waals surface area contributed by atoms with Gasteiger partial charge >= 0.3 is 0 Å². The van der Waals surface area contributed by atoms with E-state index in [0.29, 0.717) is 12.6 Å². The van der Waals surface area contributed by atoms with Crippen LogP contribution in [0.2, 0.25) is 0 Å². The molecule has 1 heterocycles. The quantitative estimate of drug-likeness (QED) is 0.897. The second-order valence-corrected chi connectivity index (χ2v) is 5.51. The summed E-state index contributed by atoms with van der Waals surface area (Å²) in [5.41, 5.74) is 9.66. The van der Waals surface area contributed by atoms with Crippen LogP contribution < -0.4 is 5.73 Å². The van der Waals surface area contributed by atoms with Crippen molar-refractivity contribution in [2.45, 2.75) is 32.2 Å². The van der Waals surface area contributed by atoms with Crippen LogP contribution in [0.3, 0.4) is 0 Å². The van der Waals surface area contributed by atoms with Gasteiger partial charge in [0, 0.05) is 35.4 Å². The fourth-order valence-electron chi connectivity index (χ4n) is 2.20. The highest BCUT2D eigenvalue weighted by atomic mass is 32.2. The van der Waals surface area contributed by atoms with E-state index >= 15 is 0 Å². The maximum absolute atomic E-state index is 5.72. The summed E-state index contributed by atoms with van der Waals surface area (Å²) in [6.07, 6.45) is 4.43. The summed E-state index contributed by atoms with van der Waals surface area (Å²) in [7, 11) is 0. The van der Waals surface area contributed by atoms with Gasteiger partial charge in [0.15, 0.2) is 0 Å². The molecule has 1 aromatic carbocycles. The molecule has 2 N–H and O–H groups in total. The van der Waals surface area contributed by atoms with Crippen LogP contribution >= 0.6 is 11.8 Å². The molecule has 1 aromatic heterocycles. The molecule has 2 rings (SSSR count). The van der Waals surface area contributed by atoms with Crippen LogP contribution in [0.5, 0.6) is 0 Å². The predicted octanol–water partition coefficient (Wildman–Crippen LogP) is 3.54. The number of thioether (sulfide) groups is 1. The molecular formula is C14H20N2S. The topological polar surface area (TPSA) is 30.9 Å². The Hall–Kier alpha value is -0.930. The van der Waals surface area contributed by atoms with Gasteiger partial charge in [-0.25, -0.2) is 0 Å². The Bertz CT molecular complexity index is 514. The minimum atomic E-state index is 0.497. The summed E-state index contributed by atoms with van der Waals surface area (Å²) in [5, 5.41) is 1.36. The first-order valence-corrected chi connectivity index (χ1v) is 7.38. The summed E-state index contributed by atoms with van der Waals surface area (Å²) in [6.45, 7) is 5.06. The van der Waals surface area contributed by atoms with Crippen molar-refractivity contribution in [2.24, 2.45) is 5.73 Å². The first kappa shape index (κ1) is 12.5. The number of rotatable bonds is 4. The lowest BCUT2D eigenvalue weighted by Gasteiger charge is -2.09. The summed E-state index contributed by atoms with van der Waals surface area (Å²) >= 11 is 1.86. The minimum Gasteiger partial charge on any atom is -0.345 e. The fraction of sp³-hybridized carbons (Fsp3) is 0.429. The summed E-state index contributed by atoms with van der Waals surface area (Å²) in [4.78, 5) is 0. The standard InChI is InChI=1S/C14H20N2S/c1-10(2)16-8-12(9-17-3)13-6-11(7-15)4-5-14(13)16/h4-6,8,10H,7,9,15H2,1-3H3. The molecule has 0 fully saturated rings. The molecule has 0 radical (unpaired) electrons. The van der Waals surface area contributed by atoms with Gasteiger partial charge in [0.1, 0.15) is 0 Å². The Labute approximate surface area is 107 Å². The van der Waals surface area contributed by atoms with Gasteiger partial charge in [-0.1, -0.05) is 6.07 Å². The molecule has 0 atom stereocenters. The number of hydrogen-bond acceptors (Lipinski definition) is 2. The van der Waals surface area contributed by atoms with Crippen molar-refractivity contribution in [3.63, 3.8) is 0 Å². The van der Waals surface area contributed by atoms with Crippen molar-refractivity contribution in [1.29, 1.82) is 0 Å². The van der Waals surface area contributed by atoms with Crippen molar-refractivity contribution >= 4 is 22.7 Å². The largest absolute Gasteiger partial charge is 0.345 e. The third-order valence-corrected chi connectivity index (χ3v) is 3.67. The summed E-state index contributed by atoms with van der Waals surface area (Å²) in [6, 6.07) is 7.06. The molecule has 0 saturated carbocycles. The maximum atomic E-state index is 5.72. The van der Waals surface area contributed by atoms with E-state index in [1.165, 1.54) is 22.0 Å². The SMILES string of the molecule is CSCc1cn(C(C)C)c2ccc(CN)cc12. The van der Waals surface area contributed by atoms with Gasteiger partial charge in [-0.2, -0.15) is 11.8 Å². The second-order valence-electron chi connectivity index (χ2n) is 4.64. The van der Waals surface area contributed by atoms with Crippen LogP contribution in [0.15, 0.2) is 24.4 Å². The molecule has 0 amide bonds. The first-order valence-electron chi connectivity index (χ1n) is 5.98. The number of aromatic nitrogens is 1. The van der Waals surface area contributed by atoms with Crippen LogP contribution in [0, 0.1) is 0 Å². The van der Waals surface area contributed by atoms with Crippen molar-refractivity contribution in [1.82, 2.24) is 4.57 Å². The number of nitrogens with zero attached hydrogens (tertiary/aromatic N) is 1. The Morgan fingerprint density at radius 1 is 1.35 bits per heavy atom. The van der Waals surface area contributed by atoms with Crippen molar-refractivity contribution in [2.75, 3.05) is 6.26 Å². The number of fused-ring (bicyclic) bond motifs is 1. The van der Waals surface area contributed by atoms with E-state index in [-0.39, 0.29) is 0 Å². The maximum Gasteiger partial charge on any atom is 0.0486 e. The zero-order chi connectivity index (χ0) is 12.4. The van der Waals surface area contributed by atoms with Crippen LogP contribution in [0.1, 0.15) is 31.0 Å². The molecule has 0 aliphatic carbocycles. The molecule has 2 nitrogen and oxygen atoms in total. The van der Waals surface area contributed by atoms with Crippen LogP contribution in [-0.4, -0.2) is 10.8 Å². The van der Waals surface area contributed by atoms with Crippen molar-refractivity contribution < 1.29 is 0 Å². The highest BCUT2D eigenvalue weighted by molar-refractivity contribution is 7.97. The van der Waals surface area contributed by atoms with Gasteiger partial charge in [-0.15, -0.1) is 0 Å². The molecule has 0 spiro atoms. The molecule has 2 aromatic rings. The molecule has 0 aliphatic heterocycles. The van der Waals surface area contributed by atoms with Gasteiger partial charge in [0.2, 0.25) is 0 Å². The minimum absolute atomic E-state index is 0.497. The fourth-order valence-corrected chi connectivity index (χ4v) is 2.74. The average Bonchev–Trinajstić information content (AvgIpc) is 2.68. The Balaban J connectivity index is 2.63. The number of hydrogen-bond donors (Lipinski definition) is 1. The third-order valence-electron chi connectivity index (χ3n) is 3.07. The second kappa shape index (κ2) is 5.15. The van der Waals surface area contributed by atoms with E-state index in [1.54, 1.807) is 0 Å². The van der Waals surface area contributed by atoms with E-state index in [2.05, 4.69) is 49.1 Å². The summed E-state index contributed by atoms with van der Waals surface area (Å²) < 4.78 is 2.35. The predicted molar refractivity (Wildman–Crippen MR) is 77.4 cm³/mol. The van der Waals surface area contributed by atoms with E-state index < -0.39 is 0 Å². The number of benzene rings is 1. The van der Waals surface area contributed by atoms with E-state index in [4.69, 9.17) is 5.73 Å². The lowest BCUT2D eigenvalue weighted by Crippen LogP contribution is -1.99. The molecule has 0 aliphatic rings. The highest BCUT2D eigenvalue weighted by Crippen LogP contribution is 2.28. The lowest BCUT2D eigenvalue weighted by molar-refractivity contribution is 0.621. The van der Waals surface area contributed by atoms with Crippen LogP contribution in [-0.2, 0) is 12.3 Å². The van der Waals surface area contributed by atoms with Gasteiger partial charge in [-0.05, 0) is 43.4 Å². The van der Waals surface area contributed by atoms with Gasteiger partial charge in [-0.3, -0.25) is 0 Å². The van der Waals surface area contributed by atoms with Crippen LogP contribution in [0.25, 0.3) is 10.9 Å². The zero-order valence-corrected chi connectivity index (χ0v) is 11.6. The van der Waals surface area contributed by atoms with E-state index in [1.807, 2.05) is 11.8 Å². The Morgan fingerprint density at radius 3 is 2.71 bits per heavy atom. The van der Waals surface area contributed by atoms with Gasteiger partial charge in [0.25, 0.3) is 0 Å². The molecule has 17 heavy (non-hydrogen) atoms. The Morgan fingerprint density at radius 2 is 2.12 bits per heavy atom. The van der Waals surface area contributed by atoms with Gasteiger partial charge in [0.05, 0.1) is 0 Å². The number of nitrogens with two attached hydrogens (primary N) is 1. The highest BCUT2D eigenvalue weighted by Gasteiger charge is 2.10. The molecule has 0 bridgehead atoms. The monoisotopic (exact) mass is 248 g/mol. The van der Waals surface area contributed by atoms with Crippen molar-refractivity contribution in [3.05, 3.63) is 35.5 Å². The molecule has 0 saturated heterocycles. The molecule has 3 heteroatoms. The Kier molecular flexibility index (Phi) is 3.79. The third kappa shape index (κ3) is 2.35. The van der Waals surface area contributed by atoms with E-state index in [9.17, 15) is 0 Å². The molecule has 0 unspecified atom stereocenters. The van der Waals surface area contributed by atoms with Crippen molar-refractivity contribution in [3.8, 4) is 0 Å². The van der Waals surface area contributed by atoms with Crippen LogP contribution in [0.4, 0.5) is 0 Å². The summed E-state index contributed by atoms with van der Waals surface area (Å²) in [5.74, 6) is 1.06. The molecular weight excluding hydrogens is 228 g/mol. The normalized spacial score (nSPS) is 11.6. The smallest absolute Gasteiger partial charge is 0.0486 e. The first-order chi connectivity index (χ1) is 8.17. The molecule has 92 valence electrons. The average molecular weight is 248 g/mol.